The molecule has 0 aliphatic carbocycles. The predicted molar refractivity (Wildman–Crippen MR) is 131 cm³/mol. The summed E-state index contributed by atoms with van der Waals surface area (Å²) in [6.45, 7) is 2.47. The van der Waals surface area contributed by atoms with E-state index in [1.54, 1.807) is 0 Å². The molecule has 0 saturated heterocycles. The molecule has 1 N–H and O–H groups in total. The quantitative estimate of drug-likeness (QED) is 0.502. The Balaban J connectivity index is 1.47. The fourth-order valence-electron chi connectivity index (χ4n) is 3.19. The van der Waals surface area contributed by atoms with E-state index in [9.17, 15) is 4.79 Å². The van der Waals surface area contributed by atoms with E-state index in [-0.39, 0.29) is 11.7 Å². The average Bonchev–Trinajstić information content (AvgIpc) is 2.97. The highest BCUT2D eigenvalue weighted by Crippen LogP contribution is 2.33. The van der Waals surface area contributed by atoms with Crippen molar-refractivity contribution in [1.82, 2.24) is 5.32 Å². The molecule has 3 aromatic rings. The molecule has 0 saturated carbocycles. The Morgan fingerprint density at radius 2 is 1.65 bits per heavy atom. The van der Waals surface area contributed by atoms with Crippen LogP contribution < -0.4 is 5.32 Å². The second-order valence-corrected chi connectivity index (χ2v) is 8.71. The van der Waals surface area contributed by atoms with Crippen molar-refractivity contribution in [2.75, 3.05) is 5.75 Å². The molecule has 3 aromatic carbocycles. The molecule has 1 aliphatic heterocycles. The zero-order valence-corrected chi connectivity index (χ0v) is 18.7. The third kappa shape index (κ3) is 5.63. The van der Waals surface area contributed by atoms with E-state index in [0.29, 0.717) is 18.0 Å². The van der Waals surface area contributed by atoms with Crippen molar-refractivity contribution in [3.8, 4) is 0 Å². The van der Waals surface area contributed by atoms with Gasteiger partial charge >= 0.3 is 0 Å². The van der Waals surface area contributed by atoms with Crippen molar-refractivity contribution in [3.05, 3.63) is 94.5 Å². The van der Waals surface area contributed by atoms with Gasteiger partial charge in [0, 0.05) is 18.0 Å². The van der Waals surface area contributed by atoms with Gasteiger partial charge < -0.3 is 5.32 Å². The lowest BCUT2D eigenvalue weighted by atomic mass is 10.1. The first kappa shape index (κ1) is 21.3. The minimum atomic E-state index is -0.0565. The number of para-hydroxylation sites is 2. The number of nitrogens with one attached hydrogen (secondary N) is 1. The van der Waals surface area contributed by atoms with E-state index < -0.39 is 0 Å². The van der Waals surface area contributed by atoms with Gasteiger partial charge in [-0.3, -0.25) is 9.79 Å². The number of carbonyl (C=O) groups excluding carboxylic acids is 1. The number of nitrogens with zero attached hydrogens (tertiary/aromatic N) is 2. The van der Waals surface area contributed by atoms with Gasteiger partial charge in [-0.25, -0.2) is 4.99 Å². The van der Waals surface area contributed by atoms with Crippen LogP contribution in [-0.2, 0) is 11.3 Å². The number of fused-ring (bicyclic) bond motifs is 1. The SMILES string of the molecule is Cc1ccc(C2=Nc3ccccc3N=C(SCC(=O)NCc3ccccc3Cl)C2)cc1. The number of benzene rings is 3. The Labute approximate surface area is 191 Å². The molecule has 0 spiro atoms. The minimum Gasteiger partial charge on any atom is -0.351 e. The van der Waals surface area contributed by atoms with Crippen LogP contribution in [0.3, 0.4) is 0 Å². The van der Waals surface area contributed by atoms with Crippen LogP contribution in [0.15, 0.2) is 82.8 Å². The van der Waals surface area contributed by atoms with Gasteiger partial charge in [0.05, 0.1) is 27.9 Å². The molecule has 0 unspecified atom stereocenters. The van der Waals surface area contributed by atoms with E-state index in [4.69, 9.17) is 21.6 Å². The number of carbonyl (C=O) groups is 1. The summed E-state index contributed by atoms with van der Waals surface area (Å²) >= 11 is 7.62. The molecule has 1 aliphatic rings. The maximum absolute atomic E-state index is 12.4. The summed E-state index contributed by atoms with van der Waals surface area (Å²) in [7, 11) is 0. The van der Waals surface area contributed by atoms with Crippen LogP contribution in [0.4, 0.5) is 11.4 Å². The van der Waals surface area contributed by atoms with Crippen molar-refractivity contribution in [2.24, 2.45) is 9.98 Å². The second kappa shape index (κ2) is 9.94. The van der Waals surface area contributed by atoms with Crippen molar-refractivity contribution in [3.63, 3.8) is 0 Å². The number of amides is 1. The fourth-order valence-corrected chi connectivity index (χ4v) is 4.19. The Kier molecular flexibility index (Phi) is 6.85. The van der Waals surface area contributed by atoms with Gasteiger partial charge in [0.2, 0.25) is 5.91 Å². The highest BCUT2D eigenvalue weighted by Gasteiger charge is 2.16. The third-order valence-corrected chi connectivity index (χ3v) is 6.23. The molecule has 0 fully saturated rings. The van der Waals surface area contributed by atoms with Gasteiger partial charge in [-0.15, -0.1) is 11.8 Å². The number of aryl methyl sites for hydroxylation is 1. The first-order valence-electron chi connectivity index (χ1n) is 10.0. The number of thioether (sulfide) groups is 1. The Morgan fingerprint density at radius 1 is 0.968 bits per heavy atom. The molecule has 1 amide bonds. The van der Waals surface area contributed by atoms with Gasteiger partial charge in [0.15, 0.2) is 0 Å². The number of aliphatic imine (C=N–C) groups is 2. The molecule has 31 heavy (non-hydrogen) atoms. The van der Waals surface area contributed by atoms with Crippen LogP contribution in [0, 0.1) is 6.92 Å². The molecule has 1 heterocycles. The predicted octanol–water partition coefficient (Wildman–Crippen LogP) is 6.25. The summed E-state index contributed by atoms with van der Waals surface area (Å²) < 4.78 is 0. The van der Waals surface area contributed by atoms with Gasteiger partial charge in [-0.05, 0) is 36.2 Å². The third-order valence-electron chi connectivity index (χ3n) is 4.89. The molecule has 0 atom stereocenters. The molecular weight excluding hydrogens is 426 g/mol. The molecule has 0 aromatic heterocycles. The van der Waals surface area contributed by atoms with Crippen LogP contribution in [0.25, 0.3) is 0 Å². The topological polar surface area (TPSA) is 53.8 Å². The minimum absolute atomic E-state index is 0.0565. The summed E-state index contributed by atoms with van der Waals surface area (Å²) in [5, 5.41) is 4.46. The van der Waals surface area contributed by atoms with Crippen LogP contribution in [0.2, 0.25) is 5.02 Å². The maximum Gasteiger partial charge on any atom is 0.230 e. The van der Waals surface area contributed by atoms with Gasteiger partial charge in [0.1, 0.15) is 0 Å². The first-order valence-corrected chi connectivity index (χ1v) is 11.4. The van der Waals surface area contributed by atoms with E-state index >= 15 is 0 Å². The van der Waals surface area contributed by atoms with Crippen LogP contribution >= 0.6 is 23.4 Å². The van der Waals surface area contributed by atoms with Crippen molar-refractivity contribution >= 4 is 51.4 Å². The van der Waals surface area contributed by atoms with Crippen molar-refractivity contribution in [2.45, 2.75) is 19.9 Å². The van der Waals surface area contributed by atoms with Crippen LogP contribution in [0.1, 0.15) is 23.1 Å². The first-order chi connectivity index (χ1) is 15.1. The second-order valence-electron chi connectivity index (χ2n) is 7.25. The monoisotopic (exact) mass is 447 g/mol. The summed E-state index contributed by atoms with van der Waals surface area (Å²) in [6.07, 6.45) is 0.584. The normalized spacial score (nSPS) is 13.0. The van der Waals surface area contributed by atoms with Gasteiger partial charge in [0.25, 0.3) is 0 Å². The molecule has 0 bridgehead atoms. The average molecular weight is 448 g/mol. The molecule has 156 valence electrons. The zero-order chi connectivity index (χ0) is 21.6. The lowest BCUT2D eigenvalue weighted by Gasteiger charge is -2.09. The molecule has 4 rings (SSSR count). The fraction of sp³-hybridized carbons (Fsp3) is 0.160. The highest BCUT2D eigenvalue weighted by molar-refractivity contribution is 8.14. The molecular formula is C25H22ClN3OS. The van der Waals surface area contributed by atoms with E-state index in [0.717, 1.165) is 33.3 Å². The van der Waals surface area contributed by atoms with Gasteiger partial charge in [-0.1, -0.05) is 71.8 Å². The summed E-state index contributed by atoms with van der Waals surface area (Å²) in [5.41, 5.74) is 5.79. The van der Waals surface area contributed by atoms with E-state index in [2.05, 4.69) is 36.5 Å². The van der Waals surface area contributed by atoms with Crippen LogP contribution in [-0.4, -0.2) is 22.4 Å². The van der Waals surface area contributed by atoms with Crippen molar-refractivity contribution < 1.29 is 4.79 Å². The Morgan fingerprint density at radius 3 is 2.39 bits per heavy atom. The Bertz CT molecular complexity index is 1160. The number of halogens is 1. The lowest BCUT2D eigenvalue weighted by molar-refractivity contribution is -0.118. The molecule has 4 nitrogen and oxygen atoms in total. The Hall–Kier alpha value is -2.89. The molecule has 0 radical (unpaired) electrons. The number of hydrogen-bond donors (Lipinski definition) is 1. The number of rotatable bonds is 5. The summed E-state index contributed by atoms with van der Waals surface area (Å²) in [4.78, 5) is 22.1. The van der Waals surface area contributed by atoms with E-state index in [1.165, 1.54) is 17.3 Å². The highest BCUT2D eigenvalue weighted by atomic mass is 35.5. The maximum atomic E-state index is 12.4. The van der Waals surface area contributed by atoms with E-state index in [1.807, 2.05) is 48.5 Å². The summed E-state index contributed by atoms with van der Waals surface area (Å²) in [5.74, 6) is 0.228. The smallest absolute Gasteiger partial charge is 0.230 e. The summed E-state index contributed by atoms with van der Waals surface area (Å²) in [6, 6.07) is 23.7. The zero-order valence-electron chi connectivity index (χ0n) is 17.1. The molecule has 6 heteroatoms. The largest absolute Gasteiger partial charge is 0.351 e. The van der Waals surface area contributed by atoms with Gasteiger partial charge in [-0.2, -0.15) is 0 Å². The van der Waals surface area contributed by atoms with Crippen LogP contribution in [0.5, 0.6) is 0 Å². The lowest BCUT2D eigenvalue weighted by Crippen LogP contribution is -2.25. The van der Waals surface area contributed by atoms with Crippen molar-refractivity contribution in [1.29, 1.82) is 0 Å². The standard InChI is InChI=1S/C25H22ClN3OS/c1-17-10-12-18(13-11-17)23-14-25(29-22-9-5-4-8-21(22)28-23)31-16-24(30)27-15-19-6-2-3-7-20(19)26/h2-13H,14-16H2,1H3,(H,27,30). The number of hydrogen-bond acceptors (Lipinski definition) is 4.